The van der Waals surface area contributed by atoms with Gasteiger partial charge in [-0.25, -0.2) is 9.48 Å². The van der Waals surface area contributed by atoms with E-state index in [9.17, 15) is 4.79 Å². The molecule has 0 saturated heterocycles. The van der Waals surface area contributed by atoms with Crippen LogP contribution in [0.2, 0.25) is 0 Å². The van der Waals surface area contributed by atoms with Gasteiger partial charge in [0.2, 0.25) is 0 Å². The quantitative estimate of drug-likeness (QED) is 0.543. The Morgan fingerprint density at radius 2 is 1.67 bits per heavy atom. The van der Waals surface area contributed by atoms with Crippen molar-refractivity contribution in [3.05, 3.63) is 71.5 Å². The van der Waals surface area contributed by atoms with Crippen molar-refractivity contribution in [2.45, 2.75) is 13.8 Å². The molecule has 122 valence electrons. The Balaban J connectivity index is 1.80. The Labute approximate surface area is 140 Å². The Bertz CT molecular complexity index is 867. The number of benzene rings is 2. The molecule has 2 aromatic carbocycles. The molecule has 0 atom stereocenters. The first-order valence-electron chi connectivity index (χ1n) is 7.57. The molecule has 5 nitrogen and oxygen atoms in total. The average molecular weight is 322 g/mol. The number of hydrogen-bond donors (Lipinski definition) is 0. The van der Waals surface area contributed by atoms with Crippen molar-refractivity contribution in [3.8, 4) is 17.2 Å². The van der Waals surface area contributed by atoms with Crippen LogP contribution in [-0.2, 0) is 0 Å². The van der Waals surface area contributed by atoms with Crippen LogP contribution in [0.4, 0.5) is 0 Å². The Morgan fingerprint density at radius 1 is 1.00 bits per heavy atom. The van der Waals surface area contributed by atoms with Crippen molar-refractivity contribution < 1.29 is 14.3 Å². The number of aryl methyl sites for hydroxylation is 2. The van der Waals surface area contributed by atoms with Gasteiger partial charge in [-0.3, -0.25) is 0 Å². The topological polar surface area (TPSA) is 53.4 Å². The van der Waals surface area contributed by atoms with Gasteiger partial charge in [-0.05, 0) is 56.3 Å². The summed E-state index contributed by atoms with van der Waals surface area (Å²) in [5, 5.41) is 4.43. The number of nitrogens with zero attached hydrogens (tertiary/aromatic N) is 2. The lowest BCUT2D eigenvalue weighted by Crippen LogP contribution is -2.09. The van der Waals surface area contributed by atoms with Gasteiger partial charge in [0.1, 0.15) is 0 Å². The third kappa shape index (κ3) is 3.15. The van der Waals surface area contributed by atoms with E-state index in [0.717, 1.165) is 17.1 Å². The van der Waals surface area contributed by atoms with Crippen molar-refractivity contribution in [1.82, 2.24) is 9.78 Å². The van der Waals surface area contributed by atoms with Gasteiger partial charge in [0.05, 0.1) is 24.1 Å². The van der Waals surface area contributed by atoms with Crippen LogP contribution in [0.3, 0.4) is 0 Å². The van der Waals surface area contributed by atoms with Gasteiger partial charge in [-0.1, -0.05) is 12.1 Å². The fourth-order valence-electron chi connectivity index (χ4n) is 2.49. The zero-order valence-electron chi connectivity index (χ0n) is 13.8. The second kappa shape index (κ2) is 6.58. The fraction of sp³-hybridized carbons (Fsp3) is 0.158. The SMILES string of the molecule is COc1ccccc1OC(=O)c1ccc(-n2nc(C)cc2C)cc1. The molecule has 0 saturated carbocycles. The summed E-state index contributed by atoms with van der Waals surface area (Å²) in [5.41, 5.74) is 3.35. The minimum atomic E-state index is -0.431. The molecule has 0 radical (unpaired) electrons. The molecule has 1 aromatic heterocycles. The molecule has 0 bridgehead atoms. The van der Waals surface area contributed by atoms with E-state index in [2.05, 4.69) is 5.10 Å². The molecule has 0 fully saturated rings. The van der Waals surface area contributed by atoms with Crippen LogP contribution in [0.15, 0.2) is 54.6 Å². The largest absolute Gasteiger partial charge is 0.493 e. The number of aromatic nitrogens is 2. The molecular weight excluding hydrogens is 304 g/mol. The normalized spacial score (nSPS) is 10.5. The third-order valence-corrected chi connectivity index (χ3v) is 3.63. The number of para-hydroxylation sites is 2. The van der Waals surface area contributed by atoms with Gasteiger partial charge in [0.25, 0.3) is 0 Å². The molecule has 0 aliphatic heterocycles. The van der Waals surface area contributed by atoms with Gasteiger partial charge >= 0.3 is 5.97 Å². The Kier molecular flexibility index (Phi) is 4.33. The average Bonchev–Trinajstić information content (AvgIpc) is 2.94. The van der Waals surface area contributed by atoms with Gasteiger partial charge in [0, 0.05) is 5.69 Å². The molecule has 5 heteroatoms. The molecule has 0 aliphatic rings. The Morgan fingerprint density at radius 3 is 2.25 bits per heavy atom. The first-order chi connectivity index (χ1) is 11.6. The minimum Gasteiger partial charge on any atom is -0.493 e. The molecule has 0 amide bonds. The number of carbonyl (C=O) groups excluding carboxylic acids is 1. The van der Waals surface area contributed by atoms with Crippen molar-refractivity contribution in [2.75, 3.05) is 7.11 Å². The smallest absolute Gasteiger partial charge is 0.343 e. The highest BCUT2D eigenvalue weighted by molar-refractivity contribution is 5.91. The van der Waals surface area contributed by atoms with Crippen LogP contribution in [0.1, 0.15) is 21.7 Å². The predicted octanol–water partition coefficient (Wildman–Crippen LogP) is 3.72. The maximum absolute atomic E-state index is 12.3. The summed E-state index contributed by atoms with van der Waals surface area (Å²) in [6.45, 7) is 3.94. The molecular formula is C19H18N2O3. The van der Waals surface area contributed by atoms with Crippen LogP contribution in [-0.4, -0.2) is 22.9 Å². The first kappa shape index (κ1) is 15.8. The second-order valence-corrected chi connectivity index (χ2v) is 5.43. The zero-order chi connectivity index (χ0) is 17.1. The molecule has 0 unspecified atom stereocenters. The fourth-order valence-corrected chi connectivity index (χ4v) is 2.49. The summed E-state index contributed by atoms with van der Waals surface area (Å²) in [7, 11) is 1.54. The standard InChI is InChI=1S/C19H18N2O3/c1-13-12-14(2)21(20-13)16-10-8-15(9-11-16)19(22)24-18-7-5-4-6-17(18)23-3/h4-12H,1-3H3. The van der Waals surface area contributed by atoms with Gasteiger partial charge < -0.3 is 9.47 Å². The van der Waals surface area contributed by atoms with Crippen LogP contribution in [0, 0.1) is 13.8 Å². The van der Waals surface area contributed by atoms with Crippen molar-refractivity contribution in [2.24, 2.45) is 0 Å². The van der Waals surface area contributed by atoms with E-state index in [1.807, 2.05) is 42.8 Å². The predicted molar refractivity (Wildman–Crippen MR) is 91.0 cm³/mol. The summed E-state index contributed by atoms with van der Waals surface area (Å²) < 4.78 is 12.4. The summed E-state index contributed by atoms with van der Waals surface area (Å²) >= 11 is 0. The van der Waals surface area contributed by atoms with E-state index in [4.69, 9.17) is 9.47 Å². The first-order valence-corrected chi connectivity index (χ1v) is 7.57. The molecule has 24 heavy (non-hydrogen) atoms. The number of esters is 1. The highest BCUT2D eigenvalue weighted by atomic mass is 16.6. The lowest BCUT2D eigenvalue weighted by Gasteiger charge is -2.09. The van der Waals surface area contributed by atoms with E-state index in [1.54, 1.807) is 30.3 Å². The van der Waals surface area contributed by atoms with Crippen LogP contribution < -0.4 is 9.47 Å². The number of hydrogen-bond acceptors (Lipinski definition) is 4. The summed E-state index contributed by atoms with van der Waals surface area (Å²) in [5.74, 6) is 0.483. The van der Waals surface area contributed by atoms with Crippen molar-refractivity contribution in [3.63, 3.8) is 0 Å². The van der Waals surface area contributed by atoms with Crippen LogP contribution in [0.5, 0.6) is 11.5 Å². The van der Waals surface area contributed by atoms with E-state index in [0.29, 0.717) is 17.1 Å². The van der Waals surface area contributed by atoms with E-state index < -0.39 is 5.97 Å². The summed E-state index contributed by atoms with van der Waals surface area (Å²) in [6, 6.07) is 16.2. The number of ether oxygens (including phenoxy) is 2. The van der Waals surface area contributed by atoms with E-state index >= 15 is 0 Å². The number of carbonyl (C=O) groups is 1. The minimum absolute atomic E-state index is 0.396. The molecule has 0 aliphatic carbocycles. The molecule has 0 spiro atoms. The van der Waals surface area contributed by atoms with Crippen molar-refractivity contribution >= 4 is 5.97 Å². The zero-order valence-corrected chi connectivity index (χ0v) is 13.8. The lowest BCUT2D eigenvalue weighted by atomic mass is 10.2. The van der Waals surface area contributed by atoms with Crippen LogP contribution >= 0.6 is 0 Å². The van der Waals surface area contributed by atoms with Crippen LogP contribution in [0.25, 0.3) is 5.69 Å². The molecule has 3 rings (SSSR count). The van der Waals surface area contributed by atoms with Gasteiger partial charge in [-0.15, -0.1) is 0 Å². The van der Waals surface area contributed by atoms with E-state index in [1.165, 1.54) is 7.11 Å². The maximum atomic E-state index is 12.3. The van der Waals surface area contributed by atoms with Gasteiger partial charge in [0.15, 0.2) is 11.5 Å². The summed E-state index contributed by atoms with van der Waals surface area (Å²) in [4.78, 5) is 12.3. The Hall–Kier alpha value is -3.08. The van der Waals surface area contributed by atoms with E-state index in [-0.39, 0.29) is 0 Å². The monoisotopic (exact) mass is 322 g/mol. The molecule has 0 N–H and O–H groups in total. The molecule has 1 heterocycles. The number of rotatable bonds is 4. The lowest BCUT2D eigenvalue weighted by molar-refractivity contribution is 0.0730. The maximum Gasteiger partial charge on any atom is 0.343 e. The summed E-state index contributed by atoms with van der Waals surface area (Å²) in [6.07, 6.45) is 0. The third-order valence-electron chi connectivity index (χ3n) is 3.63. The number of methoxy groups -OCH3 is 1. The second-order valence-electron chi connectivity index (χ2n) is 5.43. The van der Waals surface area contributed by atoms with Crippen molar-refractivity contribution in [1.29, 1.82) is 0 Å². The van der Waals surface area contributed by atoms with Gasteiger partial charge in [-0.2, -0.15) is 5.10 Å². The highest BCUT2D eigenvalue weighted by Gasteiger charge is 2.12. The highest BCUT2D eigenvalue weighted by Crippen LogP contribution is 2.26. The molecule has 3 aromatic rings.